The Balaban J connectivity index is 2.19. The second-order valence-corrected chi connectivity index (χ2v) is 4.67. The molecular formula is C15H10F2N2O2. The highest BCUT2D eigenvalue weighted by atomic mass is 19.2. The molecular weight excluding hydrogens is 278 g/mol. The Kier molecular flexibility index (Phi) is 2.94. The van der Waals surface area contributed by atoms with Crippen LogP contribution in [0.2, 0.25) is 0 Å². The molecule has 0 unspecified atom stereocenters. The summed E-state index contributed by atoms with van der Waals surface area (Å²) in [6, 6.07) is 8.48. The molecule has 0 aliphatic carbocycles. The molecule has 3 rings (SSSR count). The average Bonchev–Trinajstić information content (AvgIpc) is 2.46. The number of hydrogen-bond donors (Lipinski definition) is 1. The summed E-state index contributed by atoms with van der Waals surface area (Å²) in [7, 11) is 0. The van der Waals surface area contributed by atoms with Gasteiger partial charge in [-0.2, -0.15) is 0 Å². The van der Waals surface area contributed by atoms with Gasteiger partial charge in [-0.3, -0.25) is 9.59 Å². The smallest absolute Gasteiger partial charge is 0.265 e. The summed E-state index contributed by atoms with van der Waals surface area (Å²) < 4.78 is 27.4. The van der Waals surface area contributed by atoms with E-state index in [1.165, 1.54) is 6.07 Å². The normalized spacial score (nSPS) is 14.3. The minimum Gasteiger partial charge on any atom is -0.397 e. The number of anilines is 2. The van der Waals surface area contributed by atoms with Gasteiger partial charge in [0.25, 0.3) is 5.91 Å². The van der Waals surface area contributed by atoms with Gasteiger partial charge in [0.15, 0.2) is 11.6 Å². The molecule has 0 spiro atoms. The number of nitrogens with zero attached hydrogens (tertiary/aromatic N) is 1. The van der Waals surface area contributed by atoms with Gasteiger partial charge < -0.3 is 5.73 Å². The van der Waals surface area contributed by atoms with Gasteiger partial charge in [-0.05, 0) is 23.8 Å². The van der Waals surface area contributed by atoms with Crippen molar-refractivity contribution in [1.82, 2.24) is 0 Å². The van der Waals surface area contributed by atoms with Crippen LogP contribution in [-0.2, 0) is 11.2 Å². The zero-order chi connectivity index (χ0) is 15.1. The van der Waals surface area contributed by atoms with Crippen molar-refractivity contribution >= 4 is 23.2 Å². The van der Waals surface area contributed by atoms with Gasteiger partial charge >= 0.3 is 0 Å². The number of imide groups is 1. The van der Waals surface area contributed by atoms with Crippen molar-refractivity contribution < 1.29 is 18.4 Å². The van der Waals surface area contributed by atoms with E-state index in [0.29, 0.717) is 10.5 Å². The Morgan fingerprint density at radius 3 is 2.52 bits per heavy atom. The first-order chi connectivity index (χ1) is 10.0. The van der Waals surface area contributed by atoms with Crippen LogP contribution < -0.4 is 10.6 Å². The van der Waals surface area contributed by atoms with Crippen molar-refractivity contribution in [1.29, 1.82) is 0 Å². The number of fused-ring (bicyclic) bond motifs is 1. The van der Waals surface area contributed by atoms with Crippen molar-refractivity contribution in [2.75, 3.05) is 10.6 Å². The molecule has 1 aliphatic heterocycles. The zero-order valence-electron chi connectivity index (χ0n) is 10.8. The van der Waals surface area contributed by atoms with E-state index in [1.807, 2.05) is 0 Å². The minimum atomic E-state index is -1.31. The summed E-state index contributed by atoms with van der Waals surface area (Å²) in [6.45, 7) is 0. The standard InChI is InChI=1S/C15H10F2N2O2/c16-10-5-6-11(18)14(13(10)17)19-12(20)7-8-3-1-2-4-9(8)15(19)21/h1-6H,7,18H2. The molecule has 21 heavy (non-hydrogen) atoms. The number of nitrogen functional groups attached to an aromatic ring is 1. The van der Waals surface area contributed by atoms with Gasteiger partial charge in [-0.1, -0.05) is 18.2 Å². The molecule has 2 aromatic rings. The summed E-state index contributed by atoms with van der Waals surface area (Å²) in [5.74, 6) is -3.83. The van der Waals surface area contributed by atoms with E-state index in [0.717, 1.165) is 12.1 Å². The largest absolute Gasteiger partial charge is 0.397 e. The second-order valence-electron chi connectivity index (χ2n) is 4.67. The predicted molar refractivity (Wildman–Crippen MR) is 72.7 cm³/mol. The molecule has 1 heterocycles. The lowest BCUT2D eigenvalue weighted by Gasteiger charge is -2.28. The van der Waals surface area contributed by atoms with E-state index in [-0.39, 0.29) is 17.7 Å². The first-order valence-electron chi connectivity index (χ1n) is 6.19. The quantitative estimate of drug-likeness (QED) is 0.647. The lowest BCUT2D eigenvalue weighted by molar-refractivity contribution is -0.117. The van der Waals surface area contributed by atoms with Crippen molar-refractivity contribution in [2.45, 2.75) is 6.42 Å². The third-order valence-electron chi connectivity index (χ3n) is 3.37. The van der Waals surface area contributed by atoms with Crippen LogP contribution >= 0.6 is 0 Å². The van der Waals surface area contributed by atoms with Crippen molar-refractivity contribution in [3.05, 3.63) is 59.2 Å². The summed E-state index contributed by atoms with van der Waals surface area (Å²) in [4.78, 5) is 25.2. The molecule has 2 aromatic carbocycles. The lowest BCUT2D eigenvalue weighted by Crippen LogP contribution is -2.43. The van der Waals surface area contributed by atoms with Crippen LogP contribution in [-0.4, -0.2) is 11.8 Å². The molecule has 0 fully saturated rings. The maximum absolute atomic E-state index is 14.0. The molecule has 2 amide bonds. The lowest BCUT2D eigenvalue weighted by atomic mass is 9.97. The van der Waals surface area contributed by atoms with E-state index in [9.17, 15) is 18.4 Å². The molecule has 2 N–H and O–H groups in total. The number of carbonyl (C=O) groups is 2. The van der Waals surface area contributed by atoms with Crippen molar-refractivity contribution in [3.63, 3.8) is 0 Å². The van der Waals surface area contributed by atoms with Gasteiger partial charge in [-0.25, -0.2) is 13.7 Å². The number of carbonyl (C=O) groups excluding carboxylic acids is 2. The van der Waals surface area contributed by atoms with Gasteiger partial charge in [0, 0.05) is 5.56 Å². The fraction of sp³-hybridized carbons (Fsp3) is 0.0667. The van der Waals surface area contributed by atoms with Crippen molar-refractivity contribution in [3.8, 4) is 0 Å². The second kappa shape index (κ2) is 4.66. The SMILES string of the molecule is Nc1ccc(F)c(F)c1N1C(=O)Cc2ccccc2C1=O. The summed E-state index contributed by atoms with van der Waals surface area (Å²) in [6.07, 6.45) is -0.0721. The number of benzene rings is 2. The fourth-order valence-electron chi connectivity index (χ4n) is 2.37. The van der Waals surface area contributed by atoms with E-state index < -0.39 is 29.1 Å². The van der Waals surface area contributed by atoms with Gasteiger partial charge in [0.2, 0.25) is 5.91 Å². The number of hydrogen-bond acceptors (Lipinski definition) is 3. The van der Waals surface area contributed by atoms with E-state index in [1.54, 1.807) is 18.2 Å². The maximum atomic E-state index is 14.0. The highest BCUT2D eigenvalue weighted by Gasteiger charge is 2.35. The topological polar surface area (TPSA) is 63.4 Å². The van der Waals surface area contributed by atoms with Crippen LogP contribution in [0.1, 0.15) is 15.9 Å². The van der Waals surface area contributed by atoms with E-state index in [4.69, 9.17) is 5.73 Å². The van der Waals surface area contributed by atoms with Crippen LogP contribution in [0, 0.1) is 11.6 Å². The van der Waals surface area contributed by atoms with Crippen LogP contribution in [0.5, 0.6) is 0 Å². The molecule has 1 aliphatic rings. The third-order valence-corrected chi connectivity index (χ3v) is 3.37. The molecule has 0 atom stereocenters. The molecule has 4 nitrogen and oxygen atoms in total. The number of rotatable bonds is 1. The first kappa shape index (κ1) is 13.2. The monoisotopic (exact) mass is 288 g/mol. The van der Waals surface area contributed by atoms with E-state index >= 15 is 0 Å². The molecule has 0 aromatic heterocycles. The molecule has 0 radical (unpaired) electrons. The number of nitrogens with two attached hydrogens (primary N) is 1. The molecule has 6 heteroatoms. The van der Waals surface area contributed by atoms with Crippen LogP contribution in [0.15, 0.2) is 36.4 Å². The number of amides is 2. The minimum absolute atomic E-state index is 0.0721. The first-order valence-corrected chi connectivity index (χ1v) is 6.19. The summed E-state index contributed by atoms with van der Waals surface area (Å²) >= 11 is 0. The third kappa shape index (κ3) is 1.96. The van der Waals surface area contributed by atoms with Gasteiger partial charge in [0.1, 0.15) is 5.69 Å². The highest BCUT2D eigenvalue weighted by Crippen LogP contribution is 2.33. The fourth-order valence-corrected chi connectivity index (χ4v) is 2.37. The van der Waals surface area contributed by atoms with E-state index in [2.05, 4.69) is 0 Å². The Morgan fingerprint density at radius 1 is 1.05 bits per heavy atom. The van der Waals surface area contributed by atoms with Crippen LogP contribution in [0.3, 0.4) is 0 Å². The predicted octanol–water partition coefficient (Wildman–Crippen LogP) is 2.28. The molecule has 0 saturated heterocycles. The summed E-state index contributed by atoms with van der Waals surface area (Å²) in [5, 5.41) is 0. The van der Waals surface area contributed by atoms with Gasteiger partial charge in [0.05, 0.1) is 12.1 Å². The Hall–Kier alpha value is -2.76. The Morgan fingerprint density at radius 2 is 1.76 bits per heavy atom. The summed E-state index contributed by atoms with van der Waals surface area (Å²) in [5.41, 5.74) is 5.75. The Labute approximate surface area is 118 Å². The Bertz CT molecular complexity index is 774. The highest BCUT2D eigenvalue weighted by molar-refractivity contribution is 6.25. The molecule has 0 bridgehead atoms. The van der Waals surface area contributed by atoms with Crippen LogP contribution in [0.4, 0.5) is 20.2 Å². The van der Waals surface area contributed by atoms with Crippen LogP contribution in [0.25, 0.3) is 0 Å². The maximum Gasteiger partial charge on any atom is 0.265 e. The van der Waals surface area contributed by atoms with Crippen molar-refractivity contribution in [2.24, 2.45) is 0 Å². The van der Waals surface area contributed by atoms with Gasteiger partial charge in [-0.15, -0.1) is 0 Å². The number of halogens is 2. The average molecular weight is 288 g/mol. The molecule has 0 saturated carbocycles. The zero-order valence-corrected chi connectivity index (χ0v) is 10.8. The molecule has 106 valence electrons.